The smallest absolute Gasteiger partial charge is 0.337 e. The second-order valence-electron chi connectivity index (χ2n) is 7.68. The first-order valence-corrected chi connectivity index (χ1v) is 10.7. The van der Waals surface area contributed by atoms with E-state index in [2.05, 4.69) is 20.6 Å². The van der Waals surface area contributed by atoms with Crippen molar-refractivity contribution in [2.45, 2.75) is 0 Å². The van der Waals surface area contributed by atoms with Crippen LogP contribution in [0.5, 0.6) is 0 Å². The predicted octanol–water partition coefficient (Wildman–Crippen LogP) is 3.46. The van der Waals surface area contributed by atoms with Crippen LogP contribution in [-0.4, -0.2) is 45.2 Å². The molecule has 2 N–H and O–H groups in total. The molecule has 0 saturated carbocycles. The van der Waals surface area contributed by atoms with Crippen molar-refractivity contribution >= 4 is 35.8 Å². The number of carbonyl (C=O) groups excluding carboxylic acids is 3. The Morgan fingerprint density at radius 2 is 1.46 bits per heavy atom. The summed E-state index contributed by atoms with van der Waals surface area (Å²) in [6, 6.07) is 22.7. The van der Waals surface area contributed by atoms with Crippen LogP contribution in [0.1, 0.15) is 31.8 Å². The van der Waals surface area contributed by atoms with Crippen LogP contribution >= 0.6 is 0 Å². The highest BCUT2D eigenvalue weighted by molar-refractivity contribution is 6.05. The Bertz CT molecular complexity index is 1230. The molecule has 2 amide bonds. The minimum absolute atomic E-state index is 0.0367. The van der Waals surface area contributed by atoms with Gasteiger partial charge in [0.15, 0.2) is 0 Å². The largest absolute Gasteiger partial charge is 0.465 e. The zero-order valence-corrected chi connectivity index (χ0v) is 19.7. The van der Waals surface area contributed by atoms with Gasteiger partial charge < -0.3 is 15.0 Å². The molecule has 0 fully saturated rings. The minimum Gasteiger partial charge on any atom is -0.465 e. The van der Waals surface area contributed by atoms with Crippen LogP contribution in [0.2, 0.25) is 0 Å². The minimum atomic E-state index is -0.589. The first-order valence-electron chi connectivity index (χ1n) is 10.7. The normalized spacial score (nSPS) is 11.1. The van der Waals surface area contributed by atoms with E-state index in [4.69, 9.17) is 0 Å². The van der Waals surface area contributed by atoms with Gasteiger partial charge in [-0.1, -0.05) is 42.5 Å². The summed E-state index contributed by atoms with van der Waals surface area (Å²) in [5, 5.41) is 6.64. The highest BCUT2D eigenvalue weighted by atomic mass is 16.5. The fourth-order valence-corrected chi connectivity index (χ4v) is 3.03. The summed E-state index contributed by atoms with van der Waals surface area (Å²) in [4.78, 5) is 39.1. The summed E-state index contributed by atoms with van der Waals surface area (Å²) >= 11 is 0. The number of nitrogens with zero attached hydrogens (tertiary/aromatic N) is 2. The molecule has 0 aliphatic rings. The number of anilines is 1. The Balaban J connectivity index is 1.77. The summed E-state index contributed by atoms with van der Waals surface area (Å²) in [5.74, 6) is -1.45. The fourth-order valence-electron chi connectivity index (χ4n) is 3.03. The molecule has 8 heteroatoms. The molecule has 0 aromatic heterocycles. The highest BCUT2D eigenvalue weighted by Crippen LogP contribution is 2.14. The average Bonchev–Trinajstić information content (AvgIpc) is 2.89. The molecule has 3 rings (SSSR count). The third-order valence-electron chi connectivity index (χ3n) is 4.96. The van der Waals surface area contributed by atoms with Crippen molar-refractivity contribution in [3.63, 3.8) is 0 Å². The summed E-state index contributed by atoms with van der Waals surface area (Å²) < 4.78 is 4.67. The van der Waals surface area contributed by atoms with E-state index in [1.807, 2.05) is 43.3 Å². The second-order valence-corrected chi connectivity index (χ2v) is 7.68. The molecule has 0 atom stereocenters. The predicted molar refractivity (Wildman–Crippen MR) is 136 cm³/mol. The van der Waals surface area contributed by atoms with Crippen molar-refractivity contribution in [3.8, 4) is 0 Å². The number of ether oxygens (including phenoxy) is 1. The van der Waals surface area contributed by atoms with Gasteiger partial charge in [0.25, 0.3) is 11.8 Å². The van der Waals surface area contributed by atoms with Crippen LogP contribution in [-0.2, 0) is 9.53 Å². The topological polar surface area (TPSA) is 100 Å². The number of benzene rings is 3. The average molecular weight is 471 g/mol. The van der Waals surface area contributed by atoms with Gasteiger partial charge in [-0.25, -0.2) is 10.2 Å². The van der Waals surface area contributed by atoms with Crippen molar-refractivity contribution < 1.29 is 19.1 Å². The van der Waals surface area contributed by atoms with E-state index in [1.54, 1.807) is 60.7 Å². The van der Waals surface area contributed by atoms with Gasteiger partial charge in [0.2, 0.25) is 0 Å². The van der Waals surface area contributed by atoms with E-state index < -0.39 is 17.8 Å². The van der Waals surface area contributed by atoms with Crippen LogP contribution in [0.3, 0.4) is 0 Å². The van der Waals surface area contributed by atoms with Crippen molar-refractivity contribution in [1.29, 1.82) is 0 Å². The standard InChI is InChI=1S/C27H26N4O4/c1-31(2)23-15-11-19(12-16-23)17-24(29-25(32)21-7-5-4-6-8-21)26(33)30-28-18-20-9-13-22(14-10-20)27(34)35-3/h4-18H,1-3H3,(H,29,32)(H,30,33). The van der Waals surface area contributed by atoms with E-state index in [9.17, 15) is 14.4 Å². The number of hydrazone groups is 1. The summed E-state index contributed by atoms with van der Waals surface area (Å²) in [7, 11) is 5.18. The Morgan fingerprint density at radius 1 is 0.829 bits per heavy atom. The number of methoxy groups -OCH3 is 1. The number of hydrogen-bond donors (Lipinski definition) is 2. The van der Waals surface area contributed by atoms with Crippen molar-refractivity contribution in [2.75, 3.05) is 26.1 Å². The molecule has 0 spiro atoms. The molecule has 0 unspecified atom stereocenters. The molecular formula is C27H26N4O4. The molecule has 3 aromatic carbocycles. The Morgan fingerprint density at radius 3 is 2.06 bits per heavy atom. The summed E-state index contributed by atoms with van der Waals surface area (Å²) in [6.07, 6.45) is 3.01. The first-order chi connectivity index (χ1) is 16.9. The maximum absolute atomic E-state index is 12.9. The van der Waals surface area contributed by atoms with Gasteiger partial charge in [-0.05, 0) is 53.6 Å². The number of esters is 1. The Hall–Kier alpha value is -4.72. The molecule has 178 valence electrons. The van der Waals surface area contributed by atoms with E-state index in [0.717, 1.165) is 11.3 Å². The number of nitrogens with one attached hydrogen (secondary N) is 2. The van der Waals surface area contributed by atoms with Crippen LogP contribution in [0.15, 0.2) is 89.7 Å². The fraction of sp³-hybridized carbons (Fsp3) is 0.111. The van der Waals surface area contributed by atoms with Crippen LogP contribution in [0.25, 0.3) is 6.08 Å². The molecule has 0 aliphatic heterocycles. The molecule has 8 nitrogen and oxygen atoms in total. The van der Waals surface area contributed by atoms with Gasteiger partial charge in [0.1, 0.15) is 5.70 Å². The Labute approximate surface area is 203 Å². The van der Waals surface area contributed by atoms with Gasteiger partial charge in [0.05, 0.1) is 18.9 Å². The highest BCUT2D eigenvalue weighted by Gasteiger charge is 2.14. The molecule has 3 aromatic rings. The van der Waals surface area contributed by atoms with Crippen LogP contribution in [0.4, 0.5) is 5.69 Å². The lowest BCUT2D eigenvalue weighted by Crippen LogP contribution is -2.32. The third-order valence-corrected chi connectivity index (χ3v) is 4.96. The first kappa shape index (κ1) is 24.9. The quantitative estimate of drug-likeness (QED) is 0.227. The lowest BCUT2D eigenvalue weighted by atomic mass is 10.1. The molecule has 0 aliphatic carbocycles. The molecule has 0 heterocycles. The van der Waals surface area contributed by atoms with Gasteiger partial charge in [-0.15, -0.1) is 0 Å². The molecule has 0 saturated heterocycles. The zero-order chi connectivity index (χ0) is 25.2. The maximum Gasteiger partial charge on any atom is 0.337 e. The molecule has 35 heavy (non-hydrogen) atoms. The summed E-state index contributed by atoms with van der Waals surface area (Å²) in [5.41, 5.74) is 5.70. The summed E-state index contributed by atoms with van der Waals surface area (Å²) in [6.45, 7) is 0. The van der Waals surface area contributed by atoms with E-state index in [0.29, 0.717) is 16.7 Å². The zero-order valence-electron chi connectivity index (χ0n) is 19.7. The number of carbonyl (C=O) groups is 3. The van der Waals surface area contributed by atoms with E-state index in [1.165, 1.54) is 13.3 Å². The molecular weight excluding hydrogens is 444 g/mol. The molecule has 0 bridgehead atoms. The van der Waals surface area contributed by atoms with E-state index in [-0.39, 0.29) is 5.70 Å². The number of rotatable bonds is 8. The van der Waals surface area contributed by atoms with Crippen molar-refractivity contribution in [2.24, 2.45) is 5.10 Å². The van der Waals surface area contributed by atoms with Gasteiger partial charge in [0, 0.05) is 25.3 Å². The van der Waals surface area contributed by atoms with E-state index >= 15 is 0 Å². The number of amides is 2. The van der Waals surface area contributed by atoms with Crippen LogP contribution < -0.4 is 15.6 Å². The SMILES string of the molecule is COC(=O)c1ccc(C=NNC(=O)C(=Cc2ccc(N(C)C)cc2)NC(=O)c2ccccc2)cc1. The monoisotopic (exact) mass is 470 g/mol. The second kappa shape index (κ2) is 11.9. The lowest BCUT2D eigenvalue weighted by molar-refractivity contribution is -0.117. The van der Waals surface area contributed by atoms with Crippen LogP contribution in [0, 0.1) is 0 Å². The van der Waals surface area contributed by atoms with Gasteiger partial charge in [-0.3, -0.25) is 9.59 Å². The Kier molecular flexibility index (Phi) is 8.50. The number of hydrogen-bond acceptors (Lipinski definition) is 6. The van der Waals surface area contributed by atoms with Crippen molar-refractivity contribution in [3.05, 3.63) is 107 Å². The van der Waals surface area contributed by atoms with Crippen molar-refractivity contribution in [1.82, 2.24) is 10.7 Å². The molecule has 0 radical (unpaired) electrons. The van der Waals surface area contributed by atoms with Gasteiger partial charge >= 0.3 is 5.97 Å². The lowest BCUT2D eigenvalue weighted by Gasteiger charge is -2.12. The maximum atomic E-state index is 12.9. The van der Waals surface area contributed by atoms with Gasteiger partial charge in [-0.2, -0.15) is 5.10 Å². The third kappa shape index (κ3) is 7.13.